The lowest BCUT2D eigenvalue weighted by Gasteiger charge is -2.30. The molecule has 2 aromatic rings. The summed E-state index contributed by atoms with van der Waals surface area (Å²) < 4.78 is 2.25. The average molecular weight is 545 g/mol. The molecule has 2 rings (SSSR count). The van der Waals surface area contributed by atoms with Crippen LogP contribution in [0, 0.1) is 5.41 Å². The Morgan fingerprint density at radius 1 is 0.667 bits per heavy atom. The zero-order valence-electron chi connectivity index (χ0n) is 11.5. The molecule has 0 aromatic heterocycles. The quantitative estimate of drug-likeness (QED) is 0.283. The van der Waals surface area contributed by atoms with Crippen molar-refractivity contribution in [2.24, 2.45) is 5.41 Å². The Morgan fingerprint density at radius 3 is 1.29 bits per heavy atom. The van der Waals surface area contributed by atoms with E-state index >= 15 is 0 Å². The number of rotatable bonds is 6. The van der Waals surface area contributed by atoms with Crippen molar-refractivity contribution in [3.05, 3.63) is 69.7 Å². The fourth-order valence-corrected chi connectivity index (χ4v) is 5.26. The molecule has 2 aromatic carbocycles. The Morgan fingerprint density at radius 2 is 1.00 bits per heavy atom. The fourth-order valence-electron chi connectivity index (χ4n) is 2.36. The van der Waals surface area contributed by atoms with Crippen LogP contribution in [0.1, 0.15) is 11.1 Å². The van der Waals surface area contributed by atoms with E-state index in [1.807, 2.05) is 24.3 Å². The van der Waals surface area contributed by atoms with E-state index in [2.05, 4.69) is 69.4 Å². The van der Waals surface area contributed by atoms with Crippen LogP contribution in [0.4, 0.5) is 0 Å². The maximum absolute atomic E-state index is 5.98. The van der Waals surface area contributed by atoms with Crippen LogP contribution in [0.15, 0.2) is 48.5 Å². The standard InChI is InChI=1S/C17H16Cl2I2/c18-15-5-1-13(2-6-15)9-17(11-20,12-21)10-14-3-7-16(19)8-4-14/h1-8H,9-12H2. The van der Waals surface area contributed by atoms with Gasteiger partial charge in [0.1, 0.15) is 0 Å². The highest BCUT2D eigenvalue weighted by Gasteiger charge is 2.28. The van der Waals surface area contributed by atoms with E-state index in [1.54, 1.807) is 0 Å². The van der Waals surface area contributed by atoms with Crippen molar-refractivity contribution in [2.75, 3.05) is 8.86 Å². The summed E-state index contributed by atoms with van der Waals surface area (Å²) >= 11 is 17.0. The molecule has 0 radical (unpaired) electrons. The van der Waals surface area contributed by atoms with Crippen LogP contribution in [-0.4, -0.2) is 8.86 Å². The molecule has 112 valence electrons. The number of halogens is 4. The first-order chi connectivity index (χ1) is 10.1. The molecule has 0 bridgehead atoms. The Hall–Kier alpha value is 0.480. The number of hydrogen-bond donors (Lipinski definition) is 0. The van der Waals surface area contributed by atoms with Gasteiger partial charge in [-0.15, -0.1) is 0 Å². The van der Waals surface area contributed by atoms with Gasteiger partial charge in [0.2, 0.25) is 0 Å². The van der Waals surface area contributed by atoms with Crippen molar-refractivity contribution in [1.29, 1.82) is 0 Å². The van der Waals surface area contributed by atoms with Crippen LogP contribution in [0.25, 0.3) is 0 Å². The number of benzene rings is 2. The van der Waals surface area contributed by atoms with Gasteiger partial charge in [0, 0.05) is 18.9 Å². The maximum Gasteiger partial charge on any atom is 0.0406 e. The molecular weight excluding hydrogens is 529 g/mol. The third-order valence-corrected chi connectivity index (χ3v) is 7.29. The fraction of sp³-hybridized carbons (Fsp3) is 0.294. The minimum Gasteiger partial charge on any atom is -0.0857 e. The van der Waals surface area contributed by atoms with Gasteiger partial charge in [-0.3, -0.25) is 0 Å². The van der Waals surface area contributed by atoms with Gasteiger partial charge in [-0.25, -0.2) is 0 Å². The topological polar surface area (TPSA) is 0 Å². The van der Waals surface area contributed by atoms with E-state index in [9.17, 15) is 0 Å². The van der Waals surface area contributed by atoms with Crippen LogP contribution in [0.2, 0.25) is 10.0 Å². The number of alkyl halides is 2. The molecule has 0 saturated heterocycles. The van der Waals surface area contributed by atoms with Gasteiger partial charge in [0.15, 0.2) is 0 Å². The summed E-state index contributed by atoms with van der Waals surface area (Å²) in [6.45, 7) is 0. The average Bonchev–Trinajstić information content (AvgIpc) is 2.51. The van der Waals surface area contributed by atoms with E-state index in [0.717, 1.165) is 31.7 Å². The highest BCUT2D eigenvalue weighted by molar-refractivity contribution is 14.1. The molecule has 0 aliphatic rings. The molecule has 0 fully saturated rings. The predicted octanol–water partition coefficient (Wildman–Crippen LogP) is 6.64. The maximum atomic E-state index is 5.98. The van der Waals surface area contributed by atoms with E-state index < -0.39 is 0 Å². The third-order valence-electron chi connectivity index (χ3n) is 3.55. The zero-order chi connectivity index (χ0) is 15.3. The molecule has 0 amide bonds. The molecular formula is C17H16Cl2I2. The molecule has 0 aliphatic heterocycles. The van der Waals surface area contributed by atoms with Crippen molar-refractivity contribution >= 4 is 68.4 Å². The summed E-state index contributed by atoms with van der Waals surface area (Å²) in [6, 6.07) is 16.5. The second-order valence-corrected chi connectivity index (χ2v) is 7.77. The van der Waals surface area contributed by atoms with E-state index in [0.29, 0.717) is 0 Å². The van der Waals surface area contributed by atoms with Gasteiger partial charge in [-0.2, -0.15) is 0 Å². The summed E-state index contributed by atoms with van der Waals surface area (Å²) in [4.78, 5) is 0. The molecule has 0 spiro atoms. The third kappa shape index (κ3) is 5.26. The smallest absolute Gasteiger partial charge is 0.0406 e. The molecule has 0 saturated carbocycles. The SMILES string of the molecule is Clc1ccc(CC(CI)(CI)Cc2ccc(Cl)cc2)cc1. The Kier molecular flexibility index (Phi) is 7.10. The van der Waals surface area contributed by atoms with Gasteiger partial charge >= 0.3 is 0 Å². The molecule has 0 aliphatic carbocycles. The van der Waals surface area contributed by atoms with Crippen molar-refractivity contribution in [1.82, 2.24) is 0 Å². The Labute approximate surface area is 163 Å². The van der Waals surface area contributed by atoms with Gasteiger partial charge in [0.25, 0.3) is 0 Å². The van der Waals surface area contributed by atoms with E-state index in [1.165, 1.54) is 11.1 Å². The van der Waals surface area contributed by atoms with Crippen molar-refractivity contribution in [2.45, 2.75) is 12.8 Å². The highest BCUT2D eigenvalue weighted by Crippen LogP contribution is 2.33. The summed E-state index contributed by atoms with van der Waals surface area (Å²) in [5.41, 5.74) is 2.96. The van der Waals surface area contributed by atoms with Gasteiger partial charge < -0.3 is 0 Å². The van der Waals surface area contributed by atoms with Crippen molar-refractivity contribution in [3.8, 4) is 0 Å². The monoisotopic (exact) mass is 544 g/mol. The summed E-state index contributed by atoms with van der Waals surface area (Å²) in [5.74, 6) is 0. The Bertz CT molecular complexity index is 511. The van der Waals surface area contributed by atoms with E-state index in [4.69, 9.17) is 23.2 Å². The molecule has 4 heteroatoms. The Balaban J connectivity index is 2.19. The lowest BCUT2D eigenvalue weighted by atomic mass is 9.80. The molecule has 0 N–H and O–H groups in total. The summed E-state index contributed by atoms with van der Waals surface area (Å²) in [7, 11) is 0. The van der Waals surface area contributed by atoms with Crippen LogP contribution in [-0.2, 0) is 12.8 Å². The largest absolute Gasteiger partial charge is 0.0857 e. The minimum atomic E-state index is 0.267. The second-order valence-electron chi connectivity index (χ2n) is 5.37. The molecule has 0 nitrogen and oxygen atoms in total. The normalized spacial score (nSPS) is 11.6. The first kappa shape index (κ1) is 17.8. The molecule has 0 atom stereocenters. The van der Waals surface area contributed by atoms with Crippen LogP contribution >= 0.6 is 68.4 Å². The van der Waals surface area contributed by atoms with Gasteiger partial charge in [0.05, 0.1) is 0 Å². The molecule has 0 unspecified atom stereocenters. The lowest BCUT2D eigenvalue weighted by Crippen LogP contribution is -2.30. The van der Waals surface area contributed by atoms with Crippen molar-refractivity contribution in [3.63, 3.8) is 0 Å². The first-order valence-electron chi connectivity index (χ1n) is 6.68. The van der Waals surface area contributed by atoms with Gasteiger partial charge in [-0.1, -0.05) is 92.6 Å². The van der Waals surface area contributed by atoms with Crippen molar-refractivity contribution < 1.29 is 0 Å². The zero-order valence-corrected chi connectivity index (χ0v) is 17.3. The summed E-state index contributed by atoms with van der Waals surface area (Å²) in [5, 5.41) is 1.59. The predicted molar refractivity (Wildman–Crippen MR) is 111 cm³/mol. The minimum absolute atomic E-state index is 0.267. The summed E-state index contributed by atoms with van der Waals surface area (Å²) in [6.07, 6.45) is 2.14. The lowest BCUT2D eigenvalue weighted by molar-refractivity contribution is 0.394. The highest BCUT2D eigenvalue weighted by atomic mass is 127. The molecule has 0 heterocycles. The second kappa shape index (κ2) is 8.37. The van der Waals surface area contributed by atoms with E-state index in [-0.39, 0.29) is 5.41 Å². The first-order valence-corrected chi connectivity index (χ1v) is 10.5. The van der Waals surface area contributed by atoms with Crippen LogP contribution in [0.3, 0.4) is 0 Å². The van der Waals surface area contributed by atoms with Crippen LogP contribution < -0.4 is 0 Å². The van der Waals surface area contributed by atoms with Crippen LogP contribution in [0.5, 0.6) is 0 Å². The molecule has 21 heavy (non-hydrogen) atoms. The number of hydrogen-bond acceptors (Lipinski definition) is 0. The van der Waals surface area contributed by atoms with Gasteiger partial charge in [-0.05, 0) is 53.6 Å².